The van der Waals surface area contributed by atoms with Crippen molar-refractivity contribution in [1.29, 1.82) is 0 Å². The summed E-state index contributed by atoms with van der Waals surface area (Å²) in [7, 11) is 5.62. The van der Waals surface area contributed by atoms with Crippen LogP contribution < -0.4 is 0 Å². The number of rotatable bonds is 0. The van der Waals surface area contributed by atoms with Crippen LogP contribution in [0, 0.1) is 0 Å². The van der Waals surface area contributed by atoms with E-state index in [0.717, 1.165) is 5.03 Å². The molecule has 0 saturated carbocycles. The summed E-state index contributed by atoms with van der Waals surface area (Å²) in [5.74, 6) is 0. The van der Waals surface area contributed by atoms with E-state index in [1.54, 1.807) is 0 Å². The van der Waals surface area contributed by atoms with Crippen molar-refractivity contribution in [3.05, 3.63) is 23.3 Å². The molecule has 0 bridgehead atoms. The highest BCUT2D eigenvalue weighted by Gasteiger charge is 2.14. The fraction of sp³-hybridized carbons (Fsp3) is 0.333. The van der Waals surface area contributed by atoms with Gasteiger partial charge in [-0.1, -0.05) is 30.7 Å². The first-order valence-electron chi connectivity index (χ1n) is 2.47. The highest BCUT2D eigenvalue weighted by atomic mass is 35.5. The molecule has 0 heterocycles. The summed E-state index contributed by atoms with van der Waals surface area (Å²) in [5.41, 5.74) is 0. The maximum Gasteiger partial charge on any atom is 0.0855 e. The molecule has 40 valence electrons. The highest BCUT2D eigenvalue weighted by molar-refractivity contribution is 6.33. The molecule has 0 aromatic carbocycles. The van der Waals surface area contributed by atoms with Crippen molar-refractivity contribution in [2.75, 3.05) is 0 Å². The van der Waals surface area contributed by atoms with Gasteiger partial charge >= 0.3 is 0 Å². The van der Waals surface area contributed by atoms with Gasteiger partial charge in [0, 0.05) is 5.03 Å². The van der Waals surface area contributed by atoms with E-state index in [9.17, 15) is 0 Å². The third-order valence-corrected chi connectivity index (χ3v) is 1.29. The first kappa shape index (κ1) is 5.96. The maximum atomic E-state index is 5.62. The van der Waals surface area contributed by atoms with Gasteiger partial charge in [-0.2, -0.15) is 0 Å². The molecular formula is C6H6BCl. The normalized spacial score (nSPS) is 35.5. The fourth-order valence-electron chi connectivity index (χ4n) is 0.652. The van der Waals surface area contributed by atoms with Gasteiger partial charge in [-0.05, 0) is 11.4 Å². The van der Waals surface area contributed by atoms with Crippen LogP contribution in [0.4, 0.5) is 0 Å². The number of hydrogen-bond acceptors (Lipinski definition) is 0. The summed E-state index contributed by atoms with van der Waals surface area (Å²) in [6.07, 6.45) is 5.49. The van der Waals surface area contributed by atoms with Gasteiger partial charge < -0.3 is 0 Å². The molecule has 0 fully saturated rings. The molecular weight excluding hydrogens is 118 g/mol. The predicted molar refractivity (Wildman–Crippen MR) is 37.2 cm³/mol. The van der Waals surface area contributed by atoms with E-state index in [0.29, 0.717) is 0 Å². The van der Waals surface area contributed by atoms with Crippen LogP contribution in [-0.4, -0.2) is 7.85 Å². The molecule has 0 N–H and O–H groups in total. The first-order chi connectivity index (χ1) is 3.60. The standard InChI is InChI=1S/C6H6BCl/c1-6(7)3-2-5(8)4-6/h2-4H,1H3. The average molecular weight is 124 g/mol. The van der Waals surface area contributed by atoms with Gasteiger partial charge in [0.05, 0.1) is 7.85 Å². The molecule has 0 aromatic heterocycles. The Morgan fingerprint density at radius 2 is 2.38 bits per heavy atom. The van der Waals surface area contributed by atoms with Crippen LogP contribution in [0.15, 0.2) is 23.3 Å². The van der Waals surface area contributed by atoms with Gasteiger partial charge in [0.25, 0.3) is 0 Å². The second-order valence-electron chi connectivity index (χ2n) is 2.23. The third-order valence-electron chi connectivity index (χ3n) is 1.05. The van der Waals surface area contributed by atoms with E-state index in [1.807, 2.05) is 25.2 Å². The van der Waals surface area contributed by atoms with Gasteiger partial charge in [0.2, 0.25) is 0 Å². The SMILES string of the molecule is [B]C1(C)C=CC(Cl)=C1. The lowest BCUT2D eigenvalue weighted by atomic mass is 9.72. The van der Waals surface area contributed by atoms with Crippen molar-refractivity contribution in [2.24, 2.45) is 0 Å². The van der Waals surface area contributed by atoms with Gasteiger partial charge in [-0.25, -0.2) is 0 Å². The van der Waals surface area contributed by atoms with Crippen molar-refractivity contribution in [3.63, 3.8) is 0 Å². The molecule has 0 saturated heterocycles. The summed E-state index contributed by atoms with van der Waals surface area (Å²) in [5, 5.41) is 0.423. The van der Waals surface area contributed by atoms with E-state index < -0.39 is 0 Å². The summed E-state index contributed by atoms with van der Waals surface area (Å²) < 4.78 is 0. The zero-order chi connectivity index (χ0) is 6.20. The number of hydrogen-bond donors (Lipinski definition) is 0. The minimum Gasteiger partial charge on any atom is -0.0847 e. The maximum absolute atomic E-state index is 5.62. The quantitative estimate of drug-likeness (QED) is 0.434. The van der Waals surface area contributed by atoms with Crippen LogP contribution in [0.3, 0.4) is 0 Å². The molecule has 0 amide bonds. The van der Waals surface area contributed by atoms with Gasteiger partial charge in [0.15, 0.2) is 0 Å². The Bertz CT molecular complexity index is 156. The molecule has 1 aliphatic rings. The second-order valence-corrected chi connectivity index (χ2v) is 2.67. The molecule has 1 atom stereocenters. The molecule has 0 aliphatic heterocycles. The third kappa shape index (κ3) is 1.16. The zero-order valence-electron chi connectivity index (χ0n) is 4.69. The molecule has 2 heteroatoms. The summed E-state index contributed by atoms with van der Waals surface area (Å²) >= 11 is 5.59. The van der Waals surface area contributed by atoms with Crippen LogP contribution in [-0.2, 0) is 0 Å². The van der Waals surface area contributed by atoms with E-state index in [4.69, 9.17) is 19.4 Å². The van der Waals surface area contributed by atoms with E-state index in [1.165, 1.54) is 0 Å². The minimum absolute atomic E-state index is 0.308. The van der Waals surface area contributed by atoms with Crippen LogP contribution in [0.2, 0.25) is 5.31 Å². The van der Waals surface area contributed by atoms with Crippen LogP contribution in [0.5, 0.6) is 0 Å². The van der Waals surface area contributed by atoms with Crippen molar-refractivity contribution in [3.8, 4) is 0 Å². The summed E-state index contributed by atoms with van der Waals surface area (Å²) in [4.78, 5) is 0. The first-order valence-corrected chi connectivity index (χ1v) is 2.84. The molecule has 0 aromatic rings. The molecule has 1 unspecified atom stereocenters. The lowest BCUT2D eigenvalue weighted by molar-refractivity contribution is 0.986. The Hall–Kier alpha value is -0.165. The van der Waals surface area contributed by atoms with Crippen LogP contribution in [0.1, 0.15) is 6.92 Å². The van der Waals surface area contributed by atoms with Gasteiger partial charge in [-0.15, -0.1) is 0 Å². The molecule has 1 aliphatic carbocycles. The van der Waals surface area contributed by atoms with Crippen molar-refractivity contribution in [2.45, 2.75) is 12.2 Å². The fourth-order valence-corrected chi connectivity index (χ4v) is 0.951. The highest BCUT2D eigenvalue weighted by Crippen LogP contribution is 2.33. The number of allylic oxidation sites excluding steroid dienone is 4. The Morgan fingerprint density at radius 1 is 1.75 bits per heavy atom. The monoisotopic (exact) mass is 124 g/mol. The lowest BCUT2D eigenvalue weighted by Crippen LogP contribution is -1.94. The molecule has 0 spiro atoms. The average Bonchev–Trinajstić information content (AvgIpc) is 1.82. The van der Waals surface area contributed by atoms with Crippen molar-refractivity contribution in [1.82, 2.24) is 0 Å². The minimum atomic E-state index is -0.308. The zero-order valence-corrected chi connectivity index (χ0v) is 5.44. The molecule has 2 radical (unpaired) electrons. The Kier molecular flexibility index (Phi) is 1.24. The van der Waals surface area contributed by atoms with E-state index >= 15 is 0 Å². The Balaban J connectivity index is 2.84. The van der Waals surface area contributed by atoms with Crippen LogP contribution >= 0.6 is 11.6 Å². The van der Waals surface area contributed by atoms with Gasteiger partial charge in [-0.3, -0.25) is 0 Å². The van der Waals surface area contributed by atoms with Gasteiger partial charge in [0.1, 0.15) is 0 Å². The molecule has 8 heavy (non-hydrogen) atoms. The van der Waals surface area contributed by atoms with E-state index in [2.05, 4.69) is 0 Å². The largest absolute Gasteiger partial charge is 0.0855 e. The number of halogens is 1. The molecule has 0 nitrogen and oxygen atoms in total. The van der Waals surface area contributed by atoms with Crippen LogP contribution in [0.25, 0.3) is 0 Å². The predicted octanol–water partition coefficient (Wildman–Crippen LogP) is 2.03. The Labute approximate surface area is 55.6 Å². The van der Waals surface area contributed by atoms with Crippen molar-refractivity contribution < 1.29 is 0 Å². The smallest absolute Gasteiger partial charge is 0.0847 e. The second kappa shape index (κ2) is 1.66. The summed E-state index contributed by atoms with van der Waals surface area (Å²) in [6.45, 7) is 1.90. The summed E-state index contributed by atoms with van der Waals surface area (Å²) in [6, 6.07) is 0. The van der Waals surface area contributed by atoms with Crippen molar-refractivity contribution >= 4 is 19.4 Å². The Morgan fingerprint density at radius 3 is 2.50 bits per heavy atom. The topological polar surface area (TPSA) is 0 Å². The lowest BCUT2D eigenvalue weighted by Gasteiger charge is -2.08. The molecule has 1 rings (SSSR count). The van der Waals surface area contributed by atoms with E-state index in [-0.39, 0.29) is 5.31 Å².